The number of hydrogen-bond donors (Lipinski definition) is 1. The first-order valence-electron chi connectivity index (χ1n) is 5.13. The maximum atomic E-state index is 12.3. The van der Waals surface area contributed by atoms with Crippen molar-refractivity contribution < 1.29 is 27.0 Å². The van der Waals surface area contributed by atoms with Crippen LogP contribution in [0.25, 0.3) is 0 Å². The number of nitrogens with one attached hydrogen (secondary N) is 1. The van der Waals surface area contributed by atoms with Gasteiger partial charge in [-0.05, 0) is 19.1 Å². The van der Waals surface area contributed by atoms with Gasteiger partial charge in [-0.2, -0.15) is 0 Å². The third-order valence-electron chi connectivity index (χ3n) is 2.68. The van der Waals surface area contributed by atoms with E-state index in [0.29, 0.717) is 0 Å². The fourth-order valence-electron chi connectivity index (χ4n) is 1.80. The molecule has 5 nitrogen and oxygen atoms in total. The van der Waals surface area contributed by atoms with Crippen molar-refractivity contribution in [3.8, 4) is 0 Å². The molecule has 0 bridgehead atoms. The Bertz CT molecular complexity index is 488. The van der Waals surface area contributed by atoms with Gasteiger partial charge in [0.05, 0.1) is 6.26 Å². The fraction of sp³-hybridized carbons (Fsp3) is 0.333. The molecule has 1 aromatic rings. The van der Waals surface area contributed by atoms with E-state index in [1.165, 1.54) is 25.3 Å². The lowest BCUT2D eigenvalue weighted by molar-refractivity contribution is -0.131. The highest BCUT2D eigenvalue weighted by Gasteiger charge is 2.52. The second-order valence-corrected chi connectivity index (χ2v) is 4.16. The summed E-state index contributed by atoms with van der Waals surface area (Å²) in [7, 11) is 0. The van der Waals surface area contributed by atoms with Gasteiger partial charge < -0.3 is 22.7 Å². The SMILES string of the molecule is CC1(c2ccco2)NC(=O)N(C[B-](F)(F)F)C1=O. The van der Waals surface area contributed by atoms with E-state index in [4.69, 9.17) is 4.42 Å². The Kier molecular flexibility index (Phi) is 2.64. The Morgan fingerprint density at radius 1 is 1.44 bits per heavy atom. The highest BCUT2D eigenvalue weighted by molar-refractivity contribution is 6.59. The molecule has 9 heteroatoms. The molecular weight excluding hydrogens is 252 g/mol. The second kappa shape index (κ2) is 3.79. The van der Waals surface area contributed by atoms with Crippen LogP contribution in [0.2, 0.25) is 0 Å². The van der Waals surface area contributed by atoms with Crippen LogP contribution in [-0.4, -0.2) is 30.3 Å². The Balaban J connectivity index is 2.29. The normalized spacial score (nSPS) is 24.6. The van der Waals surface area contributed by atoms with Crippen molar-refractivity contribution in [3.05, 3.63) is 24.2 Å². The minimum Gasteiger partial charge on any atom is -0.466 e. The summed E-state index contributed by atoms with van der Waals surface area (Å²) in [4.78, 5) is 23.5. The lowest BCUT2D eigenvalue weighted by Crippen LogP contribution is -2.44. The zero-order valence-corrected chi connectivity index (χ0v) is 9.32. The lowest BCUT2D eigenvalue weighted by Gasteiger charge is -2.22. The van der Waals surface area contributed by atoms with Gasteiger partial charge in [0.1, 0.15) is 5.76 Å². The van der Waals surface area contributed by atoms with E-state index in [1.54, 1.807) is 0 Å². The Morgan fingerprint density at radius 2 is 2.11 bits per heavy atom. The molecule has 1 atom stereocenters. The van der Waals surface area contributed by atoms with Gasteiger partial charge in [0.15, 0.2) is 5.54 Å². The average Bonchev–Trinajstić information content (AvgIpc) is 2.82. The van der Waals surface area contributed by atoms with E-state index in [9.17, 15) is 22.5 Å². The summed E-state index contributed by atoms with van der Waals surface area (Å²) in [5.74, 6) is -0.875. The quantitative estimate of drug-likeness (QED) is 0.661. The van der Waals surface area contributed by atoms with Crippen molar-refractivity contribution in [2.75, 3.05) is 6.44 Å². The van der Waals surface area contributed by atoms with Crippen LogP contribution in [0.5, 0.6) is 0 Å². The third-order valence-corrected chi connectivity index (χ3v) is 2.68. The fourth-order valence-corrected chi connectivity index (χ4v) is 1.80. The van der Waals surface area contributed by atoms with Crippen LogP contribution in [0.3, 0.4) is 0 Å². The minimum atomic E-state index is -5.27. The van der Waals surface area contributed by atoms with E-state index in [0.717, 1.165) is 0 Å². The topological polar surface area (TPSA) is 62.6 Å². The second-order valence-electron chi connectivity index (χ2n) is 4.16. The summed E-state index contributed by atoms with van der Waals surface area (Å²) < 4.78 is 41.9. The van der Waals surface area contributed by atoms with Gasteiger partial charge in [0, 0.05) is 6.44 Å². The average molecular weight is 261 g/mol. The third kappa shape index (κ3) is 1.96. The minimum absolute atomic E-state index is 0.0954. The summed E-state index contributed by atoms with van der Waals surface area (Å²) in [6, 6.07) is 1.83. The van der Waals surface area contributed by atoms with Crippen molar-refractivity contribution in [2.24, 2.45) is 0 Å². The summed E-state index contributed by atoms with van der Waals surface area (Å²) in [6.07, 6.45) is -0.280. The first kappa shape index (κ1) is 12.5. The predicted molar refractivity (Wildman–Crippen MR) is 55.4 cm³/mol. The molecule has 1 unspecified atom stereocenters. The Labute approximate surface area is 100.0 Å². The maximum Gasteiger partial charge on any atom is 0.497 e. The molecule has 1 aliphatic rings. The molecule has 0 spiro atoms. The van der Waals surface area contributed by atoms with Crippen LogP contribution >= 0.6 is 0 Å². The van der Waals surface area contributed by atoms with Gasteiger partial charge in [-0.25, -0.2) is 4.79 Å². The molecule has 1 fully saturated rings. The van der Waals surface area contributed by atoms with Crippen LogP contribution in [-0.2, 0) is 10.3 Å². The van der Waals surface area contributed by atoms with Crippen molar-refractivity contribution in [1.82, 2.24) is 10.2 Å². The number of urea groups is 1. The standard InChI is InChI=1S/C9H9BF3N2O3/c1-9(6-3-2-4-18-6)7(16)15(8(17)14-9)5-10(11,12)13/h2-4H,5H2,1H3,(H,14,17)/q-1. The van der Waals surface area contributed by atoms with Gasteiger partial charge >= 0.3 is 13.0 Å². The molecular formula is C9H9BF3N2O3-. The van der Waals surface area contributed by atoms with Gasteiger partial charge in [-0.1, -0.05) is 0 Å². The molecule has 1 aromatic heterocycles. The first-order valence-corrected chi connectivity index (χ1v) is 5.13. The molecule has 0 saturated carbocycles. The zero-order valence-electron chi connectivity index (χ0n) is 9.32. The van der Waals surface area contributed by atoms with E-state index in [1.807, 2.05) is 0 Å². The molecule has 0 radical (unpaired) electrons. The van der Waals surface area contributed by atoms with Gasteiger partial charge in [0.2, 0.25) is 0 Å². The molecule has 3 amide bonds. The van der Waals surface area contributed by atoms with Crippen LogP contribution in [0.15, 0.2) is 22.8 Å². The van der Waals surface area contributed by atoms with Crippen LogP contribution in [0.4, 0.5) is 17.7 Å². The highest BCUT2D eigenvalue weighted by Crippen LogP contribution is 2.30. The maximum absolute atomic E-state index is 12.3. The van der Waals surface area contributed by atoms with Crippen molar-refractivity contribution in [1.29, 1.82) is 0 Å². The van der Waals surface area contributed by atoms with Crippen molar-refractivity contribution in [2.45, 2.75) is 12.5 Å². The molecule has 0 aromatic carbocycles. The smallest absolute Gasteiger partial charge is 0.466 e. The largest absolute Gasteiger partial charge is 0.497 e. The van der Waals surface area contributed by atoms with Crippen LogP contribution in [0, 0.1) is 0 Å². The molecule has 1 aliphatic heterocycles. The predicted octanol–water partition coefficient (Wildman–Crippen LogP) is 1.43. The van der Waals surface area contributed by atoms with E-state index < -0.39 is 30.9 Å². The Morgan fingerprint density at radius 3 is 2.61 bits per heavy atom. The number of furan rings is 1. The number of halogens is 3. The molecule has 0 aliphatic carbocycles. The highest BCUT2D eigenvalue weighted by atomic mass is 19.4. The number of imide groups is 1. The monoisotopic (exact) mass is 261 g/mol. The molecule has 1 N–H and O–H groups in total. The zero-order chi connectivity index (χ0) is 13.6. The number of carbonyl (C=O) groups is 2. The van der Waals surface area contributed by atoms with E-state index in [-0.39, 0.29) is 10.7 Å². The summed E-state index contributed by atoms with van der Waals surface area (Å²) in [5.41, 5.74) is -1.58. The summed E-state index contributed by atoms with van der Waals surface area (Å²) in [5, 5.41) is 2.21. The first-order chi connectivity index (χ1) is 8.24. The molecule has 2 rings (SSSR count). The van der Waals surface area contributed by atoms with E-state index >= 15 is 0 Å². The van der Waals surface area contributed by atoms with Gasteiger partial charge in [-0.15, -0.1) is 0 Å². The molecule has 98 valence electrons. The lowest BCUT2D eigenvalue weighted by atomic mass is 9.90. The van der Waals surface area contributed by atoms with Crippen molar-refractivity contribution in [3.63, 3.8) is 0 Å². The van der Waals surface area contributed by atoms with Crippen molar-refractivity contribution >= 4 is 18.9 Å². The molecule has 1 saturated heterocycles. The molecule has 18 heavy (non-hydrogen) atoms. The van der Waals surface area contributed by atoms with Crippen LogP contribution in [0.1, 0.15) is 12.7 Å². The van der Waals surface area contributed by atoms with Gasteiger partial charge in [0.25, 0.3) is 5.91 Å². The number of amides is 3. The summed E-state index contributed by atoms with van der Waals surface area (Å²) >= 11 is 0. The van der Waals surface area contributed by atoms with Gasteiger partial charge in [-0.3, -0.25) is 9.69 Å². The number of nitrogens with zero attached hydrogens (tertiary/aromatic N) is 1. The number of hydrogen-bond acceptors (Lipinski definition) is 3. The van der Waals surface area contributed by atoms with Crippen LogP contribution < -0.4 is 5.32 Å². The molecule has 2 heterocycles. The Hall–Kier alpha value is -1.93. The number of carbonyl (C=O) groups excluding carboxylic acids is 2. The summed E-state index contributed by atoms with van der Waals surface area (Å²) in [6.45, 7) is -3.97. The number of rotatable bonds is 3. The van der Waals surface area contributed by atoms with E-state index in [2.05, 4.69) is 5.32 Å².